The van der Waals surface area contributed by atoms with Gasteiger partial charge in [-0.25, -0.2) is 0 Å². The minimum Gasteiger partial charge on any atom is -0.298 e. The van der Waals surface area contributed by atoms with Crippen LogP contribution < -0.4 is 10.1 Å². The van der Waals surface area contributed by atoms with Crippen molar-refractivity contribution in [2.45, 2.75) is 0 Å². The van der Waals surface area contributed by atoms with Crippen molar-refractivity contribution in [3.63, 3.8) is 0 Å². The number of pyridine rings is 1. The third-order valence-corrected chi connectivity index (χ3v) is 2.26. The number of rotatable bonds is 3. The molecule has 0 atom stereocenters. The van der Waals surface area contributed by atoms with Crippen molar-refractivity contribution in [3.05, 3.63) is 66.0 Å². The lowest BCUT2D eigenvalue weighted by atomic mass is 10.1. The Labute approximate surface area is 98.5 Å². The molecule has 1 heterocycles. The molecule has 17 heavy (non-hydrogen) atoms. The highest BCUT2D eigenvalue weighted by molar-refractivity contribution is 5.99. The molecule has 0 aliphatic heterocycles. The van der Waals surface area contributed by atoms with Gasteiger partial charge >= 0.3 is 5.91 Å². The Morgan fingerprint density at radius 3 is 2.29 bits per heavy atom. The van der Waals surface area contributed by atoms with Gasteiger partial charge in [0, 0.05) is 23.3 Å². The second-order valence-electron chi connectivity index (χ2n) is 3.46. The molecule has 0 fully saturated rings. The standard InChI is InChI=1S/C13H10N2O2/c16-10-11-4-6-12(7-5-11)13(17)14-15-8-2-1-3-9-15/h1-10H/p+1. The number of carbonyl (C=O) groups is 2. The fourth-order valence-corrected chi connectivity index (χ4v) is 1.37. The number of amides is 1. The number of benzene rings is 1. The van der Waals surface area contributed by atoms with Crippen molar-refractivity contribution in [3.8, 4) is 0 Å². The zero-order chi connectivity index (χ0) is 12.1. The van der Waals surface area contributed by atoms with Gasteiger partial charge in [0.05, 0.1) is 0 Å². The van der Waals surface area contributed by atoms with Gasteiger partial charge in [-0.2, -0.15) is 0 Å². The predicted molar refractivity (Wildman–Crippen MR) is 62.2 cm³/mol. The van der Waals surface area contributed by atoms with Crippen LogP contribution in [0.15, 0.2) is 54.9 Å². The number of carbonyl (C=O) groups excluding carboxylic acids is 2. The van der Waals surface area contributed by atoms with Crippen LogP contribution in [0.2, 0.25) is 0 Å². The molecule has 0 bridgehead atoms. The smallest absolute Gasteiger partial charge is 0.298 e. The number of nitrogens with one attached hydrogen (secondary N) is 1. The van der Waals surface area contributed by atoms with Crippen LogP contribution >= 0.6 is 0 Å². The lowest BCUT2D eigenvalue weighted by Crippen LogP contribution is -2.47. The van der Waals surface area contributed by atoms with Crippen LogP contribution in [0.25, 0.3) is 0 Å². The van der Waals surface area contributed by atoms with Gasteiger partial charge in [0.1, 0.15) is 6.29 Å². The van der Waals surface area contributed by atoms with Crippen LogP contribution in [0.4, 0.5) is 0 Å². The molecule has 0 radical (unpaired) electrons. The molecule has 0 aliphatic rings. The van der Waals surface area contributed by atoms with Gasteiger partial charge in [0.15, 0.2) is 12.4 Å². The molecule has 0 saturated carbocycles. The van der Waals surface area contributed by atoms with Crippen molar-refractivity contribution in [1.29, 1.82) is 0 Å². The molecule has 2 aromatic rings. The number of aromatic nitrogens is 1. The van der Waals surface area contributed by atoms with Crippen molar-refractivity contribution in [2.24, 2.45) is 0 Å². The van der Waals surface area contributed by atoms with Gasteiger partial charge in [0.25, 0.3) is 0 Å². The second-order valence-corrected chi connectivity index (χ2v) is 3.46. The molecule has 1 aromatic carbocycles. The predicted octanol–water partition coefficient (Wildman–Crippen LogP) is 1.17. The van der Waals surface area contributed by atoms with Crippen LogP contribution in [-0.4, -0.2) is 12.2 Å². The molecular weight excluding hydrogens is 216 g/mol. The number of nitrogens with zero attached hydrogens (tertiary/aromatic N) is 1. The van der Waals surface area contributed by atoms with E-state index in [4.69, 9.17) is 0 Å². The fourth-order valence-electron chi connectivity index (χ4n) is 1.37. The third kappa shape index (κ3) is 2.75. The molecule has 2 rings (SSSR count). The Kier molecular flexibility index (Phi) is 3.25. The molecule has 1 N–H and O–H groups in total. The minimum absolute atomic E-state index is 0.223. The molecule has 0 unspecified atom stereocenters. The molecular formula is C13H11N2O2+. The molecule has 0 saturated heterocycles. The summed E-state index contributed by atoms with van der Waals surface area (Å²) in [6, 6.07) is 11.9. The maximum absolute atomic E-state index is 11.8. The highest BCUT2D eigenvalue weighted by atomic mass is 16.2. The van der Waals surface area contributed by atoms with E-state index in [0.29, 0.717) is 11.1 Å². The number of hydrogen-bond acceptors (Lipinski definition) is 2. The zero-order valence-corrected chi connectivity index (χ0v) is 9.04. The molecule has 4 heteroatoms. The number of aldehydes is 1. The van der Waals surface area contributed by atoms with Gasteiger partial charge in [-0.05, 0) is 12.1 Å². The van der Waals surface area contributed by atoms with Crippen LogP contribution in [0.5, 0.6) is 0 Å². The minimum atomic E-state index is -0.223. The quantitative estimate of drug-likeness (QED) is 0.632. The topological polar surface area (TPSA) is 50.1 Å². The molecule has 1 amide bonds. The Bertz CT molecular complexity index is 521. The Hall–Kier alpha value is -2.49. The van der Waals surface area contributed by atoms with E-state index < -0.39 is 0 Å². The first-order valence-electron chi connectivity index (χ1n) is 5.12. The normalized spacial score (nSPS) is 9.65. The average Bonchev–Trinajstić information content (AvgIpc) is 2.40. The summed E-state index contributed by atoms with van der Waals surface area (Å²) in [7, 11) is 0. The maximum Gasteiger partial charge on any atom is 0.305 e. The van der Waals surface area contributed by atoms with E-state index in [9.17, 15) is 9.59 Å². The van der Waals surface area contributed by atoms with E-state index in [-0.39, 0.29) is 5.91 Å². The number of hydrogen-bond donors (Lipinski definition) is 1. The van der Waals surface area contributed by atoms with Gasteiger partial charge in [-0.3, -0.25) is 9.59 Å². The Balaban J connectivity index is 2.12. The lowest BCUT2D eigenvalue weighted by molar-refractivity contribution is -0.641. The first-order chi connectivity index (χ1) is 8.29. The van der Waals surface area contributed by atoms with E-state index in [1.54, 1.807) is 41.3 Å². The van der Waals surface area contributed by atoms with Gasteiger partial charge < -0.3 is 0 Å². The van der Waals surface area contributed by atoms with E-state index in [1.807, 2.05) is 18.2 Å². The summed E-state index contributed by atoms with van der Waals surface area (Å²) in [4.78, 5) is 22.3. The molecule has 0 aliphatic carbocycles. The van der Waals surface area contributed by atoms with Crippen molar-refractivity contribution >= 4 is 12.2 Å². The van der Waals surface area contributed by atoms with E-state index >= 15 is 0 Å². The highest BCUT2D eigenvalue weighted by Crippen LogP contribution is 2.02. The first kappa shape index (κ1) is 11.0. The summed E-state index contributed by atoms with van der Waals surface area (Å²) in [5, 5.41) is 0. The summed E-state index contributed by atoms with van der Waals surface area (Å²) in [5.41, 5.74) is 3.74. The highest BCUT2D eigenvalue weighted by Gasteiger charge is 2.09. The summed E-state index contributed by atoms with van der Waals surface area (Å²) >= 11 is 0. The first-order valence-corrected chi connectivity index (χ1v) is 5.12. The third-order valence-electron chi connectivity index (χ3n) is 2.26. The van der Waals surface area contributed by atoms with Crippen molar-refractivity contribution in [2.75, 3.05) is 5.43 Å². The largest absolute Gasteiger partial charge is 0.305 e. The fraction of sp³-hybridized carbons (Fsp3) is 0. The van der Waals surface area contributed by atoms with E-state index in [2.05, 4.69) is 5.43 Å². The molecule has 1 aromatic heterocycles. The monoisotopic (exact) mass is 227 g/mol. The zero-order valence-electron chi connectivity index (χ0n) is 9.04. The summed E-state index contributed by atoms with van der Waals surface area (Å²) in [6.45, 7) is 0. The van der Waals surface area contributed by atoms with Crippen molar-refractivity contribution < 1.29 is 14.3 Å². The van der Waals surface area contributed by atoms with Gasteiger partial charge in [0.2, 0.25) is 0 Å². The molecule has 4 nitrogen and oxygen atoms in total. The van der Waals surface area contributed by atoms with Crippen LogP contribution in [0.1, 0.15) is 20.7 Å². The Morgan fingerprint density at radius 1 is 1.06 bits per heavy atom. The lowest BCUT2D eigenvalue weighted by Gasteiger charge is -1.99. The van der Waals surface area contributed by atoms with Gasteiger partial charge in [-0.1, -0.05) is 22.9 Å². The Morgan fingerprint density at radius 2 is 1.71 bits per heavy atom. The van der Waals surface area contributed by atoms with E-state index in [1.165, 1.54) is 0 Å². The SMILES string of the molecule is O=Cc1ccc(C(=O)N[n+]2ccccc2)cc1. The van der Waals surface area contributed by atoms with Crippen LogP contribution in [0, 0.1) is 0 Å². The van der Waals surface area contributed by atoms with Crippen LogP contribution in [-0.2, 0) is 0 Å². The summed E-state index contributed by atoms with van der Waals surface area (Å²) in [5.74, 6) is -0.223. The second kappa shape index (κ2) is 5.03. The van der Waals surface area contributed by atoms with Gasteiger partial charge in [-0.15, -0.1) is 5.43 Å². The van der Waals surface area contributed by atoms with E-state index in [0.717, 1.165) is 6.29 Å². The molecule has 84 valence electrons. The maximum atomic E-state index is 11.8. The summed E-state index contributed by atoms with van der Waals surface area (Å²) in [6.07, 6.45) is 4.21. The summed E-state index contributed by atoms with van der Waals surface area (Å²) < 4.78 is 1.57. The van der Waals surface area contributed by atoms with Crippen molar-refractivity contribution in [1.82, 2.24) is 0 Å². The average molecular weight is 227 g/mol. The van der Waals surface area contributed by atoms with Crippen LogP contribution in [0.3, 0.4) is 0 Å². The molecule has 0 spiro atoms.